The predicted molar refractivity (Wildman–Crippen MR) is 73.5 cm³/mol. The molecule has 1 fully saturated rings. The molecule has 0 radical (unpaired) electrons. The number of likely N-dealkylation sites (tertiary alicyclic amines) is 1. The molecule has 3 rings (SSSR count). The van der Waals surface area contributed by atoms with Crippen molar-refractivity contribution >= 4 is 34.2 Å². The Balaban J connectivity index is 1.97. The monoisotopic (exact) mass is 276 g/mol. The van der Waals surface area contributed by atoms with E-state index in [-0.39, 0.29) is 0 Å². The number of hydrogen-bond acceptors (Lipinski definition) is 2. The highest BCUT2D eigenvalue weighted by molar-refractivity contribution is 6.45. The molecule has 1 aliphatic heterocycles. The van der Waals surface area contributed by atoms with Crippen LogP contribution in [0.25, 0.3) is 10.9 Å². The van der Waals surface area contributed by atoms with Gasteiger partial charge in [0.15, 0.2) is 0 Å². The van der Waals surface area contributed by atoms with Crippen molar-refractivity contribution in [2.24, 2.45) is 0 Å². The summed E-state index contributed by atoms with van der Waals surface area (Å²) in [4.78, 5) is 29.0. The largest absolute Gasteiger partial charge is 0.360 e. The van der Waals surface area contributed by atoms with Crippen LogP contribution in [0.2, 0.25) is 5.02 Å². The van der Waals surface area contributed by atoms with Crippen LogP contribution in [0.4, 0.5) is 0 Å². The number of hydrogen-bond donors (Lipinski definition) is 1. The molecule has 5 heteroatoms. The lowest BCUT2D eigenvalue weighted by molar-refractivity contribution is -0.125. The summed E-state index contributed by atoms with van der Waals surface area (Å²) in [6.45, 7) is 1.35. The number of halogens is 1. The van der Waals surface area contributed by atoms with E-state index in [4.69, 9.17) is 11.6 Å². The molecule has 4 nitrogen and oxygen atoms in total. The standard InChI is InChI=1S/C14H13ClN2O2/c15-9-3-4-12-10(7-9)11(8-16-12)13(18)14(19)17-5-1-2-6-17/h3-4,7-8,16H,1-2,5-6H2. The number of benzene rings is 1. The van der Waals surface area contributed by atoms with Crippen LogP contribution in [-0.2, 0) is 4.79 Å². The zero-order valence-electron chi connectivity index (χ0n) is 10.3. The maximum absolute atomic E-state index is 12.3. The van der Waals surface area contributed by atoms with E-state index in [2.05, 4.69) is 4.98 Å². The molecule has 0 unspecified atom stereocenters. The maximum Gasteiger partial charge on any atom is 0.295 e. The van der Waals surface area contributed by atoms with Crippen molar-refractivity contribution in [1.82, 2.24) is 9.88 Å². The molecule has 0 aliphatic carbocycles. The number of nitrogens with zero attached hydrogens (tertiary/aromatic N) is 1. The number of carbonyl (C=O) groups is 2. The van der Waals surface area contributed by atoms with Gasteiger partial charge >= 0.3 is 0 Å². The summed E-state index contributed by atoms with van der Waals surface area (Å²) >= 11 is 5.94. The number of Topliss-reactive ketones (excluding diaryl/α,β-unsaturated/α-hetero) is 1. The van der Waals surface area contributed by atoms with E-state index in [1.54, 1.807) is 29.3 Å². The molecule has 1 aromatic heterocycles. The molecule has 0 saturated carbocycles. The van der Waals surface area contributed by atoms with Crippen LogP contribution in [0.3, 0.4) is 0 Å². The van der Waals surface area contributed by atoms with Gasteiger partial charge in [0.05, 0.1) is 5.56 Å². The summed E-state index contributed by atoms with van der Waals surface area (Å²) in [5.41, 5.74) is 1.20. The second-order valence-electron chi connectivity index (χ2n) is 4.72. The van der Waals surface area contributed by atoms with Gasteiger partial charge in [0.25, 0.3) is 11.7 Å². The molecule has 2 heterocycles. The van der Waals surface area contributed by atoms with Gasteiger partial charge in [-0.1, -0.05) is 11.6 Å². The first kappa shape index (κ1) is 12.2. The van der Waals surface area contributed by atoms with Crippen molar-refractivity contribution in [1.29, 1.82) is 0 Å². The lowest BCUT2D eigenvalue weighted by Gasteiger charge is -2.13. The Morgan fingerprint density at radius 1 is 1.21 bits per heavy atom. The molecule has 1 aromatic carbocycles. The van der Waals surface area contributed by atoms with Crippen molar-refractivity contribution < 1.29 is 9.59 Å². The number of ketones is 1. The Labute approximate surface area is 115 Å². The Kier molecular flexibility index (Phi) is 3.03. The molecule has 1 aliphatic rings. The molecule has 0 atom stereocenters. The molecular formula is C14H13ClN2O2. The van der Waals surface area contributed by atoms with Crippen molar-refractivity contribution in [3.63, 3.8) is 0 Å². The summed E-state index contributed by atoms with van der Waals surface area (Å²) in [6.07, 6.45) is 3.52. The SMILES string of the molecule is O=C(C(=O)N1CCCC1)c1c[nH]c2ccc(Cl)cc12. The smallest absolute Gasteiger partial charge is 0.295 e. The van der Waals surface area contributed by atoms with Gasteiger partial charge in [-0.25, -0.2) is 0 Å². The van der Waals surface area contributed by atoms with E-state index >= 15 is 0 Å². The van der Waals surface area contributed by atoms with E-state index in [9.17, 15) is 9.59 Å². The van der Waals surface area contributed by atoms with Gasteiger partial charge in [-0.3, -0.25) is 9.59 Å². The molecule has 2 aromatic rings. The number of H-pyrrole nitrogens is 1. The lowest BCUT2D eigenvalue weighted by atomic mass is 10.1. The van der Waals surface area contributed by atoms with E-state index in [1.165, 1.54) is 0 Å². The first-order valence-electron chi connectivity index (χ1n) is 6.27. The third-order valence-electron chi connectivity index (χ3n) is 3.48. The Bertz CT molecular complexity index is 657. The van der Waals surface area contributed by atoms with Crippen molar-refractivity contribution in [2.45, 2.75) is 12.8 Å². The second-order valence-corrected chi connectivity index (χ2v) is 5.16. The van der Waals surface area contributed by atoms with E-state index < -0.39 is 11.7 Å². The normalized spacial score (nSPS) is 15.1. The average molecular weight is 277 g/mol. The molecule has 98 valence electrons. The molecule has 0 spiro atoms. The highest BCUT2D eigenvalue weighted by atomic mass is 35.5. The van der Waals surface area contributed by atoms with Crippen LogP contribution < -0.4 is 0 Å². The summed E-state index contributed by atoms with van der Waals surface area (Å²) in [7, 11) is 0. The van der Waals surface area contributed by atoms with Gasteiger partial charge in [0.2, 0.25) is 0 Å². The number of amides is 1. The Morgan fingerprint density at radius 3 is 2.68 bits per heavy atom. The molecule has 19 heavy (non-hydrogen) atoms. The summed E-state index contributed by atoms with van der Waals surface area (Å²) in [6, 6.07) is 5.25. The first-order valence-corrected chi connectivity index (χ1v) is 6.65. The molecule has 1 amide bonds. The van der Waals surface area contributed by atoms with Gasteiger partial charge in [0, 0.05) is 35.2 Å². The van der Waals surface area contributed by atoms with Gasteiger partial charge in [0.1, 0.15) is 0 Å². The fraction of sp³-hybridized carbons (Fsp3) is 0.286. The van der Waals surface area contributed by atoms with Crippen molar-refractivity contribution in [3.05, 3.63) is 35.0 Å². The average Bonchev–Trinajstić information content (AvgIpc) is 3.05. The molecule has 0 bridgehead atoms. The van der Waals surface area contributed by atoms with Gasteiger partial charge in [-0.05, 0) is 31.0 Å². The number of nitrogens with one attached hydrogen (secondary N) is 1. The molecular weight excluding hydrogens is 264 g/mol. The number of aromatic nitrogens is 1. The van der Waals surface area contributed by atoms with Crippen LogP contribution in [0, 0.1) is 0 Å². The van der Waals surface area contributed by atoms with Crippen LogP contribution in [0.15, 0.2) is 24.4 Å². The highest BCUT2D eigenvalue weighted by Crippen LogP contribution is 2.23. The number of rotatable bonds is 2. The van der Waals surface area contributed by atoms with Gasteiger partial charge in [-0.15, -0.1) is 0 Å². The first-order chi connectivity index (χ1) is 9.16. The third kappa shape index (κ3) is 2.12. The quantitative estimate of drug-likeness (QED) is 0.677. The van der Waals surface area contributed by atoms with Crippen molar-refractivity contribution in [2.75, 3.05) is 13.1 Å². The number of carbonyl (C=O) groups excluding carboxylic acids is 2. The Morgan fingerprint density at radius 2 is 1.95 bits per heavy atom. The molecule has 1 saturated heterocycles. The van der Waals surface area contributed by atoms with E-state index in [1.807, 2.05) is 0 Å². The Hall–Kier alpha value is -1.81. The zero-order chi connectivity index (χ0) is 13.4. The number of fused-ring (bicyclic) bond motifs is 1. The van der Waals surface area contributed by atoms with Crippen LogP contribution >= 0.6 is 11.6 Å². The number of aromatic amines is 1. The minimum Gasteiger partial charge on any atom is -0.360 e. The third-order valence-corrected chi connectivity index (χ3v) is 3.71. The topological polar surface area (TPSA) is 53.2 Å². The van der Waals surface area contributed by atoms with Crippen molar-refractivity contribution in [3.8, 4) is 0 Å². The minimum atomic E-state index is -0.463. The lowest BCUT2D eigenvalue weighted by Crippen LogP contribution is -2.34. The van der Waals surface area contributed by atoms with Crippen LogP contribution in [0.1, 0.15) is 23.2 Å². The fourth-order valence-corrected chi connectivity index (χ4v) is 2.63. The zero-order valence-corrected chi connectivity index (χ0v) is 11.0. The van der Waals surface area contributed by atoms with Crippen LogP contribution in [-0.4, -0.2) is 34.7 Å². The maximum atomic E-state index is 12.3. The highest BCUT2D eigenvalue weighted by Gasteiger charge is 2.27. The minimum absolute atomic E-state index is 0.398. The van der Waals surface area contributed by atoms with E-state index in [0.29, 0.717) is 29.1 Å². The molecule has 1 N–H and O–H groups in total. The summed E-state index contributed by atoms with van der Waals surface area (Å²) in [5.74, 6) is -0.881. The van der Waals surface area contributed by atoms with E-state index in [0.717, 1.165) is 18.4 Å². The second kappa shape index (κ2) is 4.70. The van der Waals surface area contributed by atoms with Gasteiger partial charge in [-0.2, -0.15) is 0 Å². The van der Waals surface area contributed by atoms with Crippen LogP contribution in [0.5, 0.6) is 0 Å². The predicted octanol–water partition coefficient (Wildman–Crippen LogP) is 2.63. The summed E-state index contributed by atoms with van der Waals surface area (Å²) in [5, 5.41) is 1.25. The van der Waals surface area contributed by atoms with Gasteiger partial charge < -0.3 is 9.88 Å². The fourth-order valence-electron chi connectivity index (χ4n) is 2.46. The summed E-state index contributed by atoms with van der Waals surface area (Å²) < 4.78 is 0.